The van der Waals surface area contributed by atoms with Gasteiger partial charge in [-0.3, -0.25) is 4.99 Å². The average Bonchev–Trinajstić information content (AvgIpc) is 3.35. The lowest BCUT2D eigenvalue weighted by Crippen LogP contribution is -2.21. The highest BCUT2D eigenvalue weighted by Crippen LogP contribution is 2.43. The molecule has 0 aromatic heterocycles. The van der Waals surface area contributed by atoms with Gasteiger partial charge in [-0.15, -0.1) is 0 Å². The van der Waals surface area contributed by atoms with Crippen molar-refractivity contribution in [3.8, 4) is 28.4 Å². The highest BCUT2D eigenvalue weighted by atomic mass is 127. The second-order valence-corrected chi connectivity index (χ2v) is 7.56. The summed E-state index contributed by atoms with van der Waals surface area (Å²) in [4.78, 5) is 4.66. The number of nitrogens with zero attached hydrogens (tertiary/aromatic N) is 1. The van der Waals surface area contributed by atoms with Crippen molar-refractivity contribution in [3.05, 3.63) is 54.1 Å². The van der Waals surface area contributed by atoms with E-state index in [1.807, 2.05) is 30.3 Å². The predicted molar refractivity (Wildman–Crippen MR) is 132 cm³/mol. The van der Waals surface area contributed by atoms with Gasteiger partial charge in [0.1, 0.15) is 18.2 Å². The highest BCUT2D eigenvalue weighted by molar-refractivity contribution is 14.1. The van der Waals surface area contributed by atoms with Gasteiger partial charge in [0.2, 0.25) is 0 Å². The van der Waals surface area contributed by atoms with Crippen molar-refractivity contribution in [2.75, 3.05) is 45.1 Å². The molecule has 3 aromatic carbocycles. The van der Waals surface area contributed by atoms with Crippen LogP contribution in [-0.2, 0) is 4.74 Å². The van der Waals surface area contributed by atoms with E-state index in [-0.39, 0.29) is 0 Å². The van der Waals surface area contributed by atoms with Crippen LogP contribution in [0.2, 0.25) is 0 Å². The summed E-state index contributed by atoms with van der Waals surface area (Å²) in [5, 5.41) is 5.61. The number of methoxy groups -OCH3 is 2. The Hall–Kier alpha value is -2.52. The number of hydrogen-bond acceptors (Lipinski definition) is 6. The van der Waals surface area contributed by atoms with E-state index in [0.717, 1.165) is 52.1 Å². The van der Waals surface area contributed by atoms with Crippen molar-refractivity contribution in [1.29, 1.82) is 0 Å². The summed E-state index contributed by atoms with van der Waals surface area (Å²) in [5.41, 5.74) is 2.94. The molecule has 1 N–H and O–H groups in total. The molecule has 162 valence electrons. The molecule has 0 unspecified atom stereocenters. The first-order valence-corrected chi connectivity index (χ1v) is 11.6. The Morgan fingerprint density at radius 1 is 1.00 bits per heavy atom. The van der Waals surface area contributed by atoms with Crippen molar-refractivity contribution in [1.82, 2.24) is 5.32 Å². The van der Waals surface area contributed by atoms with Crippen LogP contribution in [0, 0.1) is 0 Å². The van der Waals surface area contributed by atoms with Crippen LogP contribution in [0.3, 0.4) is 0 Å². The molecule has 0 bridgehead atoms. The minimum Gasteiger partial charge on any atom is -0.493 e. The third kappa shape index (κ3) is 4.57. The van der Waals surface area contributed by atoms with Gasteiger partial charge in [0.15, 0.2) is 11.5 Å². The van der Waals surface area contributed by atoms with Gasteiger partial charge in [0.25, 0.3) is 0 Å². The molecule has 0 aliphatic carbocycles. The van der Waals surface area contributed by atoms with Gasteiger partial charge >= 0.3 is 0 Å². The molecule has 0 saturated heterocycles. The van der Waals surface area contributed by atoms with Crippen molar-refractivity contribution in [3.63, 3.8) is 0 Å². The van der Waals surface area contributed by atoms with Crippen molar-refractivity contribution in [2.24, 2.45) is 4.99 Å². The zero-order valence-corrected chi connectivity index (χ0v) is 19.8. The second kappa shape index (κ2) is 10.2. The normalized spacial score (nSPS) is 13.1. The monoisotopic (exact) mass is 532 g/mol. The van der Waals surface area contributed by atoms with Gasteiger partial charge in [-0.1, -0.05) is 52.9 Å². The minimum absolute atomic E-state index is 0.446. The molecule has 6 nitrogen and oxygen atoms in total. The summed E-state index contributed by atoms with van der Waals surface area (Å²) in [5.74, 6) is 3.00. The summed E-state index contributed by atoms with van der Waals surface area (Å²) in [6, 6.07) is 16.4. The first-order chi connectivity index (χ1) is 15.3. The lowest BCUT2D eigenvalue weighted by Gasteiger charge is -2.20. The highest BCUT2D eigenvalue weighted by Gasteiger charge is 2.22. The topological polar surface area (TPSA) is 61.3 Å². The molecule has 0 saturated carbocycles. The number of fused-ring (bicyclic) bond motifs is 1. The van der Waals surface area contributed by atoms with Crippen molar-refractivity contribution >= 4 is 39.2 Å². The number of halogens is 1. The van der Waals surface area contributed by atoms with Gasteiger partial charge in [-0.25, -0.2) is 0 Å². The minimum atomic E-state index is 0.446. The fraction of sp³-hybridized carbons (Fsp3) is 0.292. The molecule has 1 heterocycles. The van der Waals surface area contributed by atoms with E-state index in [9.17, 15) is 0 Å². The number of hydrogen-bond donors (Lipinski definition) is 1. The Bertz CT molecular complexity index is 1100. The van der Waals surface area contributed by atoms with E-state index >= 15 is 0 Å². The lowest BCUT2D eigenvalue weighted by molar-refractivity contribution is 0.141. The average molecular weight is 532 g/mol. The van der Waals surface area contributed by atoms with Gasteiger partial charge < -0.3 is 24.3 Å². The number of rotatable bonds is 9. The molecular formula is C24H25IN2O4. The standard InChI is InChI=1S/C24H25IN2O4/c1-28-20-8-7-17(14-21(20)29-2)22-18-6-4-3-5-16(18)13-19(24-26-9-10-27-24)23(22)31-12-11-30-15-25/h3-8,13-14H,9-12,15H2,1-2H3,(H,26,27). The van der Waals surface area contributed by atoms with E-state index in [1.165, 1.54) is 0 Å². The number of amidine groups is 1. The van der Waals surface area contributed by atoms with Crippen LogP contribution < -0.4 is 19.5 Å². The molecule has 31 heavy (non-hydrogen) atoms. The van der Waals surface area contributed by atoms with Crippen molar-refractivity contribution < 1.29 is 18.9 Å². The molecule has 0 amide bonds. The van der Waals surface area contributed by atoms with Gasteiger partial charge in [0, 0.05) is 12.1 Å². The summed E-state index contributed by atoms with van der Waals surface area (Å²) in [6.07, 6.45) is 0. The molecule has 0 spiro atoms. The number of nitrogens with one attached hydrogen (secondary N) is 1. The largest absolute Gasteiger partial charge is 0.493 e. The van der Waals surface area contributed by atoms with E-state index in [2.05, 4.69) is 51.1 Å². The molecule has 0 fully saturated rings. The maximum Gasteiger partial charge on any atom is 0.161 e. The van der Waals surface area contributed by atoms with Crippen molar-refractivity contribution in [2.45, 2.75) is 0 Å². The zero-order valence-electron chi connectivity index (χ0n) is 17.6. The first kappa shape index (κ1) is 21.7. The van der Waals surface area contributed by atoms with Crippen LogP contribution in [0.15, 0.2) is 53.5 Å². The van der Waals surface area contributed by atoms with Crippen LogP contribution in [0.25, 0.3) is 21.9 Å². The summed E-state index contributed by atoms with van der Waals surface area (Å²) in [6.45, 7) is 2.54. The van der Waals surface area contributed by atoms with Crippen LogP contribution in [0.1, 0.15) is 5.56 Å². The SMILES string of the molecule is COc1ccc(-c2c(OCCOCI)c(C3=NCCN3)cc3ccccc23)cc1OC. The number of benzene rings is 3. The van der Waals surface area contributed by atoms with E-state index < -0.39 is 0 Å². The Morgan fingerprint density at radius 3 is 2.58 bits per heavy atom. The molecule has 1 aliphatic heterocycles. The maximum absolute atomic E-state index is 6.35. The number of ether oxygens (including phenoxy) is 4. The summed E-state index contributed by atoms with van der Waals surface area (Å²) in [7, 11) is 3.28. The Morgan fingerprint density at radius 2 is 1.84 bits per heavy atom. The molecule has 0 atom stereocenters. The molecule has 1 aliphatic rings. The Kier molecular flexibility index (Phi) is 7.14. The van der Waals surface area contributed by atoms with E-state index in [1.54, 1.807) is 14.2 Å². The molecule has 0 radical (unpaired) electrons. The molecule has 3 aromatic rings. The van der Waals surface area contributed by atoms with E-state index in [4.69, 9.17) is 18.9 Å². The zero-order chi connectivity index (χ0) is 21.6. The number of aliphatic imine (C=N–C) groups is 1. The van der Waals surface area contributed by atoms with Gasteiger partial charge in [-0.2, -0.15) is 0 Å². The predicted octanol–water partition coefficient (Wildman–Crippen LogP) is 4.66. The third-order valence-corrected chi connectivity index (χ3v) is 5.59. The summed E-state index contributed by atoms with van der Waals surface area (Å²) >= 11 is 2.19. The van der Waals surface area contributed by atoms with Crippen LogP contribution in [-0.4, -0.2) is 51.0 Å². The molecule has 4 rings (SSSR count). The summed E-state index contributed by atoms with van der Waals surface area (Å²) < 4.78 is 23.5. The second-order valence-electron chi connectivity index (χ2n) is 6.94. The Balaban J connectivity index is 1.94. The van der Waals surface area contributed by atoms with Gasteiger partial charge in [0.05, 0.1) is 37.5 Å². The van der Waals surface area contributed by atoms with Crippen LogP contribution >= 0.6 is 22.6 Å². The van der Waals surface area contributed by atoms with Crippen LogP contribution in [0.5, 0.6) is 17.2 Å². The quantitative estimate of drug-likeness (QED) is 0.247. The Labute approximate surface area is 195 Å². The fourth-order valence-corrected chi connectivity index (χ4v) is 4.08. The third-order valence-electron chi connectivity index (χ3n) is 5.15. The number of alkyl halides is 1. The smallest absolute Gasteiger partial charge is 0.161 e. The van der Waals surface area contributed by atoms with Crippen LogP contribution in [0.4, 0.5) is 0 Å². The maximum atomic E-state index is 6.35. The molecular weight excluding hydrogens is 507 g/mol. The first-order valence-electron chi connectivity index (χ1n) is 10.1. The fourth-order valence-electron chi connectivity index (χ4n) is 3.77. The van der Waals surface area contributed by atoms with Gasteiger partial charge in [-0.05, 0) is 34.5 Å². The lowest BCUT2D eigenvalue weighted by atomic mass is 9.93. The van der Waals surface area contributed by atoms with E-state index in [0.29, 0.717) is 29.3 Å². The molecule has 7 heteroatoms.